The summed E-state index contributed by atoms with van der Waals surface area (Å²) in [6, 6.07) is 0. The van der Waals surface area contributed by atoms with Crippen LogP contribution in [0.15, 0.2) is 0 Å². The molecule has 0 radical (unpaired) electrons. The van der Waals surface area contributed by atoms with Crippen molar-refractivity contribution < 1.29 is 14.3 Å². The molecule has 1 heterocycles. The molecule has 1 aliphatic heterocycles. The van der Waals surface area contributed by atoms with Crippen molar-refractivity contribution in [3.63, 3.8) is 0 Å². The van der Waals surface area contributed by atoms with Gasteiger partial charge in [0.25, 0.3) is 0 Å². The Bertz CT molecular complexity index is 240. The first-order valence-corrected chi connectivity index (χ1v) is 8.34. The van der Waals surface area contributed by atoms with Crippen LogP contribution in [0, 0.1) is 0 Å². The Balaban J connectivity index is 1.84. The van der Waals surface area contributed by atoms with Crippen molar-refractivity contribution in [3.8, 4) is 0 Å². The van der Waals surface area contributed by atoms with E-state index < -0.39 is 0 Å². The molecule has 1 aliphatic rings. The van der Waals surface area contributed by atoms with Gasteiger partial charge in [0.05, 0.1) is 13.2 Å². The van der Waals surface area contributed by atoms with Crippen molar-refractivity contribution in [1.29, 1.82) is 0 Å². The lowest BCUT2D eigenvalue weighted by molar-refractivity contribution is -0.182. The summed E-state index contributed by atoms with van der Waals surface area (Å²) in [7, 11) is 0. The summed E-state index contributed by atoms with van der Waals surface area (Å²) in [6.45, 7) is 4.32. The zero-order valence-electron chi connectivity index (χ0n) is 13.0. The number of ether oxygens (including phenoxy) is 2. The SMILES string of the molecule is CCCCCCCCCCCC(=O)OC1CNCCO1. The first-order chi connectivity index (χ1) is 9.83. The Hall–Kier alpha value is -0.610. The van der Waals surface area contributed by atoms with Crippen LogP contribution >= 0.6 is 0 Å². The zero-order chi connectivity index (χ0) is 14.5. The number of unbranched alkanes of at least 4 members (excludes halogenated alkanes) is 8. The molecule has 4 heteroatoms. The van der Waals surface area contributed by atoms with Gasteiger partial charge in [0, 0.05) is 13.0 Å². The fourth-order valence-electron chi connectivity index (χ4n) is 2.40. The third kappa shape index (κ3) is 9.32. The average Bonchev–Trinajstić information content (AvgIpc) is 2.46. The van der Waals surface area contributed by atoms with E-state index in [0.29, 0.717) is 19.6 Å². The molecule has 0 aliphatic carbocycles. The number of esters is 1. The lowest BCUT2D eigenvalue weighted by Gasteiger charge is -2.23. The van der Waals surface area contributed by atoms with Crippen LogP contribution in [0.1, 0.15) is 71.1 Å². The highest BCUT2D eigenvalue weighted by molar-refractivity contribution is 5.69. The number of carbonyl (C=O) groups is 1. The van der Waals surface area contributed by atoms with E-state index in [0.717, 1.165) is 19.4 Å². The number of hydrogen-bond donors (Lipinski definition) is 1. The van der Waals surface area contributed by atoms with Crippen molar-refractivity contribution in [2.45, 2.75) is 77.4 Å². The van der Waals surface area contributed by atoms with Crippen LogP contribution in [0.5, 0.6) is 0 Å². The highest BCUT2D eigenvalue weighted by atomic mass is 16.7. The van der Waals surface area contributed by atoms with Gasteiger partial charge in [-0.05, 0) is 6.42 Å². The van der Waals surface area contributed by atoms with E-state index in [4.69, 9.17) is 9.47 Å². The Morgan fingerprint density at radius 2 is 1.75 bits per heavy atom. The smallest absolute Gasteiger partial charge is 0.308 e. The summed E-state index contributed by atoms with van der Waals surface area (Å²) in [5.41, 5.74) is 0. The second-order valence-corrected chi connectivity index (χ2v) is 5.57. The summed E-state index contributed by atoms with van der Waals surface area (Å²) in [5.74, 6) is -0.123. The van der Waals surface area contributed by atoms with Crippen molar-refractivity contribution in [2.24, 2.45) is 0 Å². The second-order valence-electron chi connectivity index (χ2n) is 5.57. The molecule has 0 spiro atoms. The van der Waals surface area contributed by atoms with Gasteiger partial charge >= 0.3 is 5.97 Å². The number of morpholine rings is 1. The molecule has 4 nitrogen and oxygen atoms in total. The summed E-state index contributed by atoms with van der Waals surface area (Å²) < 4.78 is 10.6. The van der Waals surface area contributed by atoms with Gasteiger partial charge in [-0.2, -0.15) is 0 Å². The van der Waals surface area contributed by atoms with Crippen molar-refractivity contribution >= 4 is 5.97 Å². The van der Waals surface area contributed by atoms with E-state index in [-0.39, 0.29) is 12.3 Å². The molecule has 0 aromatic rings. The first-order valence-electron chi connectivity index (χ1n) is 8.34. The van der Waals surface area contributed by atoms with E-state index in [9.17, 15) is 4.79 Å². The van der Waals surface area contributed by atoms with Gasteiger partial charge in [0.15, 0.2) is 0 Å². The maximum atomic E-state index is 11.6. The molecule has 20 heavy (non-hydrogen) atoms. The van der Waals surface area contributed by atoms with Gasteiger partial charge in [-0.25, -0.2) is 0 Å². The monoisotopic (exact) mass is 285 g/mol. The zero-order valence-corrected chi connectivity index (χ0v) is 13.0. The van der Waals surface area contributed by atoms with Gasteiger partial charge in [0.1, 0.15) is 0 Å². The minimum atomic E-state index is -0.380. The molecular weight excluding hydrogens is 254 g/mol. The van der Waals surface area contributed by atoms with Crippen molar-refractivity contribution in [2.75, 3.05) is 19.7 Å². The average molecular weight is 285 g/mol. The molecule has 1 unspecified atom stereocenters. The van der Waals surface area contributed by atoms with Gasteiger partial charge in [-0.1, -0.05) is 58.3 Å². The predicted octanol–water partition coefficient (Wildman–Crippen LogP) is 3.40. The molecule has 1 atom stereocenters. The number of carbonyl (C=O) groups excluding carboxylic acids is 1. The number of nitrogens with one attached hydrogen (secondary N) is 1. The van der Waals surface area contributed by atoms with Gasteiger partial charge in [-0.15, -0.1) is 0 Å². The van der Waals surface area contributed by atoms with Crippen LogP contribution in [-0.2, 0) is 14.3 Å². The van der Waals surface area contributed by atoms with Gasteiger partial charge in [-0.3, -0.25) is 4.79 Å². The van der Waals surface area contributed by atoms with Crippen LogP contribution in [0.2, 0.25) is 0 Å². The first kappa shape index (κ1) is 17.4. The topological polar surface area (TPSA) is 47.6 Å². The Morgan fingerprint density at radius 1 is 1.10 bits per heavy atom. The van der Waals surface area contributed by atoms with Crippen LogP contribution in [0.4, 0.5) is 0 Å². The lowest BCUT2D eigenvalue weighted by atomic mass is 10.1. The van der Waals surface area contributed by atoms with E-state index in [1.165, 1.54) is 44.9 Å². The highest BCUT2D eigenvalue weighted by Crippen LogP contribution is 2.11. The Morgan fingerprint density at radius 3 is 2.35 bits per heavy atom. The van der Waals surface area contributed by atoms with Crippen LogP contribution in [0.3, 0.4) is 0 Å². The Labute approximate surface area is 123 Å². The minimum absolute atomic E-state index is 0.123. The summed E-state index contributed by atoms with van der Waals surface area (Å²) in [5, 5.41) is 3.14. The molecule has 1 fully saturated rings. The van der Waals surface area contributed by atoms with Crippen LogP contribution in [0.25, 0.3) is 0 Å². The van der Waals surface area contributed by atoms with E-state index in [1.807, 2.05) is 0 Å². The quantitative estimate of drug-likeness (QED) is 0.467. The summed E-state index contributed by atoms with van der Waals surface area (Å²) in [4.78, 5) is 11.6. The molecule has 0 saturated carbocycles. The summed E-state index contributed by atoms with van der Waals surface area (Å²) >= 11 is 0. The molecule has 118 valence electrons. The molecule has 0 bridgehead atoms. The maximum Gasteiger partial charge on any atom is 0.308 e. The number of hydrogen-bond acceptors (Lipinski definition) is 4. The largest absolute Gasteiger partial charge is 0.434 e. The van der Waals surface area contributed by atoms with E-state index in [1.54, 1.807) is 0 Å². The van der Waals surface area contributed by atoms with Gasteiger partial charge < -0.3 is 14.8 Å². The molecular formula is C16H31NO3. The highest BCUT2D eigenvalue weighted by Gasteiger charge is 2.17. The van der Waals surface area contributed by atoms with E-state index in [2.05, 4.69) is 12.2 Å². The fraction of sp³-hybridized carbons (Fsp3) is 0.938. The Kier molecular flexibility index (Phi) is 10.6. The maximum absolute atomic E-state index is 11.6. The van der Waals surface area contributed by atoms with E-state index >= 15 is 0 Å². The molecule has 1 rings (SSSR count). The standard InChI is InChI=1S/C16H31NO3/c1-2-3-4-5-6-7-8-9-10-11-15(18)20-16-14-17-12-13-19-16/h16-17H,2-14H2,1H3. The number of rotatable bonds is 11. The normalized spacial score (nSPS) is 18.9. The van der Waals surface area contributed by atoms with Gasteiger partial charge in [0.2, 0.25) is 6.29 Å². The molecule has 0 amide bonds. The summed E-state index contributed by atoms with van der Waals surface area (Å²) in [6.07, 6.45) is 11.5. The third-order valence-corrected chi connectivity index (χ3v) is 3.64. The van der Waals surface area contributed by atoms with Crippen molar-refractivity contribution in [1.82, 2.24) is 5.32 Å². The second kappa shape index (κ2) is 12.2. The van der Waals surface area contributed by atoms with Crippen molar-refractivity contribution in [3.05, 3.63) is 0 Å². The molecule has 1 N–H and O–H groups in total. The third-order valence-electron chi connectivity index (χ3n) is 3.64. The molecule has 0 aromatic heterocycles. The fourth-order valence-corrected chi connectivity index (χ4v) is 2.40. The minimum Gasteiger partial charge on any atom is -0.434 e. The molecule has 1 saturated heterocycles. The lowest BCUT2D eigenvalue weighted by Crippen LogP contribution is -2.41. The molecule has 0 aromatic carbocycles. The van der Waals surface area contributed by atoms with Crippen LogP contribution < -0.4 is 5.32 Å². The van der Waals surface area contributed by atoms with Crippen LogP contribution in [-0.4, -0.2) is 32.0 Å². The predicted molar refractivity (Wildman–Crippen MR) is 80.5 cm³/mol.